The van der Waals surface area contributed by atoms with Gasteiger partial charge in [-0.1, -0.05) is 11.2 Å². The predicted octanol–water partition coefficient (Wildman–Crippen LogP) is 6.93. The van der Waals surface area contributed by atoms with E-state index in [1.54, 1.807) is 19.3 Å². The summed E-state index contributed by atoms with van der Waals surface area (Å²) in [6.07, 6.45) is 6.16. The van der Waals surface area contributed by atoms with E-state index >= 15 is 0 Å². The van der Waals surface area contributed by atoms with E-state index in [0.29, 0.717) is 25.1 Å². The second-order valence-corrected chi connectivity index (χ2v) is 10.3. The van der Waals surface area contributed by atoms with Gasteiger partial charge in [0, 0.05) is 24.3 Å². The topological polar surface area (TPSA) is 65.6 Å². The van der Waals surface area contributed by atoms with Crippen LogP contribution in [0.15, 0.2) is 53.3 Å². The Balaban J connectivity index is 1.44. The molecule has 8 heteroatoms. The number of methoxy groups -OCH3 is 1. The highest BCUT2D eigenvalue weighted by molar-refractivity contribution is 5.84. The first-order valence-corrected chi connectivity index (χ1v) is 13.0. The van der Waals surface area contributed by atoms with Crippen LogP contribution in [0, 0.1) is 26.6 Å². The Labute approximate surface area is 226 Å². The molecule has 0 N–H and O–H groups in total. The lowest BCUT2D eigenvalue weighted by molar-refractivity contribution is 0.0584. The van der Waals surface area contributed by atoms with E-state index in [1.165, 1.54) is 6.07 Å². The molecule has 38 heavy (non-hydrogen) atoms. The molecule has 0 spiro atoms. The van der Waals surface area contributed by atoms with Gasteiger partial charge in [-0.05, 0) is 94.0 Å². The number of halogens is 1. The lowest BCUT2D eigenvalue weighted by Gasteiger charge is -2.36. The molecule has 3 heterocycles. The van der Waals surface area contributed by atoms with Crippen molar-refractivity contribution in [3.05, 3.63) is 77.4 Å². The predicted molar refractivity (Wildman–Crippen MR) is 144 cm³/mol. The summed E-state index contributed by atoms with van der Waals surface area (Å²) in [6, 6.07) is 11.1. The molecule has 0 radical (unpaired) electrons. The van der Waals surface area contributed by atoms with E-state index < -0.39 is 7.04 Å². The Kier molecular flexibility index (Phi) is 5.55. The molecule has 0 amide bonds. The molecular formula is C30H33FN4O3. The number of hydrogen-bond donors (Lipinski definition) is 0. The first kappa shape index (κ1) is 21.3. The number of imidazole rings is 1. The van der Waals surface area contributed by atoms with Crippen LogP contribution in [0.5, 0.6) is 0 Å². The molecule has 2 aliphatic rings. The molecule has 4 aromatic rings. The van der Waals surface area contributed by atoms with Gasteiger partial charge in [-0.3, -0.25) is 0 Å². The monoisotopic (exact) mass is 519 g/mol. The fourth-order valence-electron chi connectivity index (χ4n) is 5.89. The van der Waals surface area contributed by atoms with Gasteiger partial charge in [-0.2, -0.15) is 0 Å². The average Bonchev–Trinajstić information content (AvgIpc) is 3.48. The molecule has 2 aromatic heterocycles. The van der Waals surface area contributed by atoms with Crippen LogP contribution in [0.25, 0.3) is 22.2 Å². The van der Waals surface area contributed by atoms with Gasteiger partial charge in [-0.15, -0.1) is 0 Å². The third kappa shape index (κ3) is 4.26. The summed E-state index contributed by atoms with van der Waals surface area (Å²) < 4.78 is 55.4. The number of aryl methyl sites for hydroxylation is 3. The van der Waals surface area contributed by atoms with Crippen LogP contribution in [-0.2, 0) is 9.47 Å². The molecule has 1 aliphatic heterocycles. The van der Waals surface area contributed by atoms with Gasteiger partial charge in [0.05, 0.1) is 33.2 Å². The lowest BCUT2D eigenvalue weighted by Crippen LogP contribution is -2.35. The quantitative estimate of drug-likeness (QED) is 0.285. The molecule has 1 atom stereocenters. The number of hydrogen-bond acceptors (Lipinski definition) is 6. The summed E-state index contributed by atoms with van der Waals surface area (Å²) in [5.41, 5.74) is 5.98. The normalized spacial score (nSPS) is 23.2. The minimum absolute atomic E-state index is 0.101. The van der Waals surface area contributed by atoms with Crippen molar-refractivity contribution in [2.24, 2.45) is 0 Å². The summed E-state index contributed by atoms with van der Waals surface area (Å²) in [5, 5.41) is 4.12. The highest BCUT2D eigenvalue weighted by Gasteiger charge is 2.32. The molecule has 0 unspecified atom stereocenters. The molecule has 1 aliphatic carbocycles. The van der Waals surface area contributed by atoms with Gasteiger partial charge in [0.15, 0.2) is 6.73 Å². The fourth-order valence-corrected chi connectivity index (χ4v) is 5.89. The summed E-state index contributed by atoms with van der Waals surface area (Å²) in [4.78, 5) is 7.28. The van der Waals surface area contributed by atoms with Crippen LogP contribution in [0.3, 0.4) is 0 Å². The SMILES string of the molecule is [2H]C([2H])([2H])OC1CCC(n2c([C@@H]3C=COCN3c3ccc(F)c(C)c3)nc3cc(-c4c(C)noc4C)ccc32)CC1. The van der Waals surface area contributed by atoms with Gasteiger partial charge in [-0.25, -0.2) is 9.37 Å². The van der Waals surface area contributed by atoms with E-state index in [2.05, 4.69) is 32.8 Å². The van der Waals surface area contributed by atoms with Crippen LogP contribution in [0.1, 0.15) is 64.7 Å². The van der Waals surface area contributed by atoms with E-state index in [4.69, 9.17) is 23.1 Å². The molecule has 198 valence electrons. The van der Waals surface area contributed by atoms with Crippen LogP contribution in [0.4, 0.5) is 10.1 Å². The minimum Gasteiger partial charge on any atom is -0.481 e. The van der Waals surface area contributed by atoms with Gasteiger partial charge in [0.25, 0.3) is 0 Å². The molecule has 6 rings (SSSR count). The Morgan fingerprint density at radius 1 is 1.08 bits per heavy atom. The number of aromatic nitrogens is 3. The molecule has 7 nitrogen and oxygen atoms in total. The molecule has 1 fully saturated rings. The van der Waals surface area contributed by atoms with Crippen molar-refractivity contribution in [3.8, 4) is 11.1 Å². The standard InChI is InChI=1S/C30H33FN4O3/c1-18-15-23(8-11-25(18)31)34-17-37-14-13-28(34)30-32-26-16-21(29-19(2)33-38-20(29)3)5-12-27(26)35(30)22-6-9-24(36-4)10-7-22/h5,8,11-16,22,24,28H,6-7,9-10,17H2,1-4H3/t22?,24?,28-/m0/s1/i4D3. The first-order chi connectivity index (χ1) is 19.6. The Morgan fingerprint density at radius 2 is 1.92 bits per heavy atom. The minimum atomic E-state index is -2.40. The number of benzene rings is 2. The van der Waals surface area contributed by atoms with Gasteiger partial charge in [0.1, 0.15) is 23.4 Å². The molecule has 1 saturated carbocycles. The number of anilines is 1. The highest BCUT2D eigenvalue weighted by Crippen LogP contribution is 2.40. The van der Waals surface area contributed by atoms with Crippen molar-refractivity contribution in [2.75, 3.05) is 18.7 Å². The zero-order chi connectivity index (χ0) is 28.9. The molecule has 0 bridgehead atoms. The highest BCUT2D eigenvalue weighted by atomic mass is 19.1. The smallest absolute Gasteiger partial charge is 0.161 e. The number of fused-ring (bicyclic) bond motifs is 1. The van der Waals surface area contributed by atoms with E-state index in [9.17, 15) is 4.39 Å². The van der Waals surface area contributed by atoms with E-state index in [0.717, 1.165) is 58.0 Å². The lowest BCUT2D eigenvalue weighted by atomic mass is 9.92. The zero-order valence-electron chi connectivity index (χ0n) is 24.8. The zero-order valence-corrected chi connectivity index (χ0v) is 21.8. The van der Waals surface area contributed by atoms with Gasteiger partial charge < -0.3 is 23.5 Å². The summed E-state index contributed by atoms with van der Waals surface area (Å²) in [5.74, 6) is 1.34. The van der Waals surface area contributed by atoms with Crippen LogP contribution in [0.2, 0.25) is 0 Å². The van der Waals surface area contributed by atoms with Crippen molar-refractivity contribution in [3.63, 3.8) is 0 Å². The maximum atomic E-state index is 14.1. The largest absolute Gasteiger partial charge is 0.481 e. The first-order valence-electron chi connectivity index (χ1n) is 14.5. The van der Waals surface area contributed by atoms with Gasteiger partial charge in [0.2, 0.25) is 0 Å². The van der Waals surface area contributed by atoms with Crippen LogP contribution < -0.4 is 4.90 Å². The average molecular weight is 520 g/mol. The summed E-state index contributed by atoms with van der Waals surface area (Å²) in [7, 11) is -2.40. The summed E-state index contributed by atoms with van der Waals surface area (Å²) in [6.45, 7) is 5.87. The van der Waals surface area contributed by atoms with Crippen molar-refractivity contribution in [1.29, 1.82) is 0 Å². The molecular weight excluding hydrogens is 483 g/mol. The van der Waals surface area contributed by atoms with Crippen LogP contribution >= 0.6 is 0 Å². The van der Waals surface area contributed by atoms with E-state index in [-0.39, 0.29) is 24.0 Å². The number of ether oxygens (including phenoxy) is 2. The number of rotatable bonds is 5. The number of nitrogens with zero attached hydrogens (tertiary/aromatic N) is 4. The van der Waals surface area contributed by atoms with Crippen molar-refractivity contribution in [2.45, 2.75) is 64.6 Å². The maximum absolute atomic E-state index is 14.1. The van der Waals surface area contributed by atoms with E-state index in [1.807, 2.05) is 26.0 Å². The molecule has 0 saturated heterocycles. The van der Waals surface area contributed by atoms with Crippen LogP contribution in [-0.4, -0.2) is 34.6 Å². The Morgan fingerprint density at radius 3 is 2.66 bits per heavy atom. The second-order valence-electron chi connectivity index (χ2n) is 10.3. The fraction of sp³-hybridized carbons (Fsp3) is 0.400. The van der Waals surface area contributed by atoms with Gasteiger partial charge >= 0.3 is 0 Å². The second kappa shape index (κ2) is 9.91. The molecule has 2 aromatic carbocycles. The Bertz CT molecular complexity index is 1580. The third-order valence-electron chi connectivity index (χ3n) is 7.86. The Hall–Kier alpha value is -3.65. The van der Waals surface area contributed by atoms with Crippen molar-refractivity contribution in [1.82, 2.24) is 14.7 Å². The van der Waals surface area contributed by atoms with Crippen molar-refractivity contribution < 1.29 is 22.5 Å². The third-order valence-corrected chi connectivity index (χ3v) is 7.86. The summed E-state index contributed by atoms with van der Waals surface area (Å²) >= 11 is 0. The van der Waals surface area contributed by atoms with Crippen molar-refractivity contribution >= 4 is 16.7 Å². The maximum Gasteiger partial charge on any atom is 0.161 e.